The van der Waals surface area contributed by atoms with E-state index in [2.05, 4.69) is 22.0 Å². The van der Waals surface area contributed by atoms with Crippen molar-refractivity contribution in [3.05, 3.63) is 20.8 Å². The van der Waals surface area contributed by atoms with Gasteiger partial charge in [-0.25, -0.2) is 0 Å². The first-order valence-electron chi connectivity index (χ1n) is 2.43. The second kappa shape index (κ2) is 3.00. The van der Waals surface area contributed by atoms with Crippen LogP contribution in [0.2, 0.25) is 0 Å². The minimum Gasteiger partial charge on any atom is -0.198 e. The predicted octanol–water partition coefficient (Wildman–Crippen LogP) is 2.58. The van der Waals surface area contributed by atoms with Gasteiger partial charge in [-0.15, -0.1) is 11.3 Å². The van der Waals surface area contributed by atoms with E-state index in [1.165, 1.54) is 0 Å². The molecule has 0 amide bonds. The van der Waals surface area contributed by atoms with E-state index in [4.69, 9.17) is 5.26 Å². The van der Waals surface area contributed by atoms with Gasteiger partial charge in [-0.1, -0.05) is 0 Å². The highest BCUT2D eigenvalue weighted by Gasteiger charge is 1.93. The van der Waals surface area contributed by atoms with Crippen LogP contribution in [0.1, 0.15) is 5.56 Å². The SMILES string of the molecule is N#CCc1csc(Br)c1. The molecule has 0 saturated carbocycles. The van der Waals surface area contributed by atoms with Gasteiger partial charge in [0.2, 0.25) is 0 Å². The van der Waals surface area contributed by atoms with Gasteiger partial charge in [0.25, 0.3) is 0 Å². The summed E-state index contributed by atoms with van der Waals surface area (Å²) in [4.78, 5) is 0. The molecule has 1 nitrogen and oxygen atoms in total. The Hall–Kier alpha value is -0.330. The predicted molar refractivity (Wildman–Crippen MR) is 41.3 cm³/mol. The molecule has 0 spiro atoms. The third-order valence-corrected chi connectivity index (χ3v) is 2.46. The Morgan fingerprint density at radius 3 is 3.00 bits per heavy atom. The van der Waals surface area contributed by atoms with Crippen LogP contribution in [-0.4, -0.2) is 0 Å². The summed E-state index contributed by atoms with van der Waals surface area (Å²) < 4.78 is 1.09. The molecule has 1 heterocycles. The Labute approximate surface area is 66.1 Å². The van der Waals surface area contributed by atoms with Crippen molar-refractivity contribution in [1.82, 2.24) is 0 Å². The molecule has 0 aromatic carbocycles. The third kappa shape index (κ3) is 1.81. The fourth-order valence-corrected chi connectivity index (χ4v) is 1.74. The van der Waals surface area contributed by atoms with Crippen LogP contribution in [0.3, 0.4) is 0 Å². The first kappa shape index (κ1) is 6.79. The normalized spacial score (nSPS) is 8.89. The van der Waals surface area contributed by atoms with Gasteiger partial charge in [0.15, 0.2) is 0 Å². The van der Waals surface area contributed by atoms with E-state index in [1.807, 2.05) is 11.4 Å². The minimum atomic E-state index is 0.516. The molecule has 1 aromatic heterocycles. The van der Waals surface area contributed by atoms with Crippen LogP contribution in [0.25, 0.3) is 0 Å². The van der Waals surface area contributed by atoms with Crippen LogP contribution in [0.15, 0.2) is 15.2 Å². The highest BCUT2D eigenvalue weighted by atomic mass is 79.9. The molecular formula is C6H4BrNS. The monoisotopic (exact) mass is 201 g/mol. The number of nitrogens with zero attached hydrogens (tertiary/aromatic N) is 1. The standard InChI is InChI=1S/C6H4BrNS/c7-6-3-5(1-2-8)4-9-6/h3-4H,1H2. The Bertz CT molecular complexity index is 235. The lowest BCUT2D eigenvalue weighted by Crippen LogP contribution is -1.70. The zero-order valence-corrected chi connectivity index (χ0v) is 7.00. The topological polar surface area (TPSA) is 23.8 Å². The molecule has 0 aliphatic rings. The number of hydrogen-bond donors (Lipinski definition) is 0. The zero-order chi connectivity index (χ0) is 6.69. The lowest BCUT2D eigenvalue weighted by Gasteiger charge is -1.77. The lowest BCUT2D eigenvalue weighted by molar-refractivity contribution is 1.28. The molecule has 0 bridgehead atoms. The summed E-state index contributed by atoms with van der Waals surface area (Å²) >= 11 is 4.92. The van der Waals surface area contributed by atoms with Gasteiger partial charge in [0, 0.05) is 0 Å². The van der Waals surface area contributed by atoms with Crippen molar-refractivity contribution in [1.29, 1.82) is 5.26 Å². The van der Waals surface area contributed by atoms with Gasteiger partial charge >= 0.3 is 0 Å². The summed E-state index contributed by atoms with van der Waals surface area (Å²) in [5.41, 5.74) is 1.09. The number of nitriles is 1. The molecule has 0 fully saturated rings. The van der Waals surface area contributed by atoms with Crippen LogP contribution < -0.4 is 0 Å². The quantitative estimate of drug-likeness (QED) is 0.686. The van der Waals surface area contributed by atoms with E-state index < -0.39 is 0 Å². The minimum absolute atomic E-state index is 0.516. The average molecular weight is 202 g/mol. The fraction of sp³-hybridized carbons (Fsp3) is 0.167. The lowest BCUT2D eigenvalue weighted by atomic mass is 10.3. The van der Waals surface area contributed by atoms with Crippen molar-refractivity contribution in [2.45, 2.75) is 6.42 Å². The maximum atomic E-state index is 8.27. The van der Waals surface area contributed by atoms with E-state index in [1.54, 1.807) is 11.3 Å². The largest absolute Gasteiger partial charge is 0.198 e. The summed E-state index contributed by atoms with van der Waals surface area (Å²) in [5.74, 6) is 0. The molecule has 0 aliphatic carbocycles. The highest BCUT2D eigenvalue weighted by molar-refractivity contribution is 9.11. The van der Waals surface area contributed by atoms with Crippen LogP contribution >= 0.6 is 27.3 Å². The zero-order valence-electron chi connectivity index (χ0n) is 4.60. The van der Waals surface area contributed by atoms with Crippen molar-refractivity contribution < 1.29 is 0 Å². The molecule has 1 aromatic rings. The third-order valence-electron chi connectivity index (χ3n) is 0.905. The highest BCUT2D eigenvalue weighted by Crippen LogP contribution is 2.20. The summed E-state index contributed by atoms with van der Waals surface area (Å²) in [7, 11) is 0. The molecule has 46 valence electrons. The molecule has 0 saturated heterocycles. The molecule has 0 aliphatic heterocycles. The molecule has 0 atom stereocenters. The van der Waals surface area contributed by atoms with E-state index in [-0.39, 0.29) is 0 Å². The van der Waals surface area contributed by atoms with Gasteiger partial charge in [0.05, 0.1) is 16.3 Å². The molecule has 3 heteroatoms. The van der Waals surface area contributed by atoms with Crippen molar-refractivity contribution in [3.63, 3.8) is 0 Å². The molecule has 1 rings (SSSR count). The van der Waals surface area contributed by atoms with E-state index >= 15 is 0 Å². The molecule has 0 unspecified atom stereocenters. The van der Waals surface area contributed by atoms with Crippen LogP contribution in [0.4, 0.5) is 0 Å². The molecule has 0 N–H and O–H groups in total. The maximum Gasteiger partial charge on any atom is 0.0701 e. The van der Waals surface area contributed by atoms with Gasteiger partial charge < -0.3 is 0 Å². The maximum absolute atomic E-state index is 8.27. The van der Waals surface area contributed by atoms with E-state index in [0.29, 0.717) is 6.42 Å². The van der Waals surface area contributed by atoms with Gasteiger partial charge in [-0.2, -0.15) is 5.26 Å². The van der Waals surface area contributed by atoms with Crippen LogP contribution in [0, 0.1) is 11.3 Å². The summed E-state index contributed by atoms with van der Waals surface area (Å²) in [5, 5.41) is 10.2. The number of rotatable bonds is 1. The summed E-state index contributed by atoms with van der Waals surface area (Å²) in [6.45, 7) is 0. The smallest absolute Gasteiger partial charge is 0.0701 e. The van der Waals surface area contributed by atoms with Gasteiger partial charge in [-0.3, -0.25) is 0 Å². The summed E-state index contributed by atoms with van der Waals surface area (Å²) in [6.07, 6.45) is 0.516. The Kier molecular flexibility index (Phi) is 2.26. The average Bonchev–Trinajstić information content (AvgIpc) is 2.17. The number of thiophene rings is 1. The molecular weight excluding hydrogens is 198 g/mol. The van der Waals surface area contributed by atoms with Crippen LogP contribution in [0.5, 0.6) is 0 Å². The van der Waals surface area contributed by atoms with Gasteiger partial charge in [0.1, 0.15) is 0 Å². The molecule has 9 heavy (non-hydrogen) atoms. The van der Waals surface area contributed by atoms with Crippen molar-refractivity contribution in [2.75, 3.05) is 0 Å². The molecule has 0 radical (unpaired) electrons. The van der Waals surface area contributed by atoms with E-state index in [9.17, 15) is 0 Å². The fourth-order valence-electron chi connectivity index (χ4n) is 0.530. The van der Waals surface area contributed by atoms with Crippen molar-refractivity contribution >= 4 is 27.3 Å². The number of hydrogen-bond acceptors (Lipinski definition) is 2. The second-order valence-corrected chi connectivity index (χ2v) is 3.88. The Morgan fingerprint density at radius 2 is 2.56 bits per heavy atom. The number of halogens is 1. The Balaban J connectivity index is 2.76. The van der Waals surface area contributed by atoms with Crippen LogP contribution in [-0.2, 0) is 6.42 Å². The first-order chi connectivity index (χ1) is 4.33. The first-order valence-corrected chi connectivity index (χ1v) is 4.10. The second-order valence-electron chi connectivity index (χ2n) is 1.59. The van der Waals surface area contributed by atoms with E-state index in [0.717, 1.165) is 9.35 Å². The van der Waals surface area contributed by atoms with Gasteiger partial charge in [-0.05, 0) is 32.9 Å². The summed E-state index contributed by atoms with van der Waals surface area (Å²) in [6, 6.07) is 4.05. The Morgan fingerprint density at radius 1 is 1.78 bits per heavy atom. The van der Waals surface area contributed by atoms with Crippen molar-refractivity contribution in [2.24, 2.45) is 0 Å². The van der Waals surface area contributed by atoms with Crippen molar-refractivity contribution in [3.8, 4) is 6.07 Å².